The lowest BCUT2D eigenvalue weighted by Crippen LogP contribution is -2.37. The van der Waals surface area contributed by atoms with Gasteiger partial charge in [0.2, 0.25) is 5.91 Å². The number of rotatable bonds is 5. The number of likely N-dealkylation sites (tertiary alicyclic amines) is 1. The first kappa shape index (κ1) is 17.0. The molecule has 1 unspecified atom stereocenters. The summed E-state index contributed by atoms with van der Waals surface area (Å²) in [6.45, 7) is 3.74. The summed E-state index contributed by atoms with van der Waals surface area (Å²) in [5, 5.41) is 8.73. The summed E-state index contributed by atoms with van der Waals surface area (Å²) in [5.74, 6) is 0.125. The number of hydrogen-bond acceptors (Lipinski definition) is 3. The molecule has 1 aliphatic heterocycles. The van der Waals surface area contributed by atoms with E-state index in [4.69, 9.17) is 0 Å². The first-order chi connectivity index (χ1) is 11.5. The number of nitrogens with zero attached hydrogens (tertiary/aromatic N) is 3. The van der Waals surface area contributed by atoms with Crippen molar-refractivity contribution in [1.29, 1.82) is 0 Å². The number of carbonyl (C=O) groups excluding carboxylic acids is 1. The van der Waals surface area contributed by atoms with Gasteiger partial charge in [-0.05, 0) is 51.9 Å². The summed E-state index contributed by atoms with van der Waals surface area (Å²) >= 11 is 0. The highest BCUT2D eigenvalue weighted by Crippen LogP contribution is 2.20. The standard InChI is InChI=1S/C19H28N4O/c1-14-7-9-18-16(12-14)17(21-23(18)3)13-20-19(24)10-8-15-6-4-5-11-22(15)2/h7,9,12,15H,4-6,8,10-11,13H2,1-3H3,(H,20,24). The average Bonchev–Trinajstić information content (AvgIpc) is 2.87. The molecule has 0 bridgehead atoms. The third-order valence-electron chi connectivity index (χ3n) is 5.16. The highest BCUT2D eigenvalue weighted by molar-refractivity contribution is 5.83. The third-order valence-corrected chi connectivity index (χ3v) is 5.16. The van der Waals surface area contributed by atoms with E-state index in [9.17, 15) is 4.79 Å². The molecule has 130 valence electrons. The normalized spacial score (nSPS) is 18.9. The van der Waals surface area contributed by atoms with Crippen LogP contribution in [0, 0.1) is 6.92 Å². The molecule has 0 aliphatic carbocycles. The van der Waals surface area contributed by atoms with Gasteiger partial charge in [-0.1, -0.05) is 18.1 Å². The van der Waals surface area contributed by atoms with E-state index in [1.807, 2.05) is 11.7 Å². The van der Waals surface area contributed by atoms with E-state index < -0.39 is 0 Å². The SMILES string of the molecule is Cc1ccc2c(c1)c(CNC(=O)CCC1CCCCN1C)nn2C. The van der Waals surface area contributed by atoms with Gasteiger partial charge in [0.25, 0.3) is 0 Å². The highest BCUT2D eigenvalue weighted by atomic mass is 16.1. The molecule has 0 saturated carbocycles. The highest BCUT2D eigenvalue weighted by Gasteiger charge is 2.19. The minimum absolute atomic E-state index is 0.125. The van der Waals surface area contributed by atoms with Crippen LogP contribution in [0.2, 0.25) is 0 Å². The summed E-state index contributed by atoms with van der Waals surface area (Å²) in [4.78, 5) is 14.6. The van der Waals surface area contributed by atoms with Gasteiger partial charge in [0.1, 0.15) is 0 Å². The second kappa shape index (κ2) is 7.34. The topological polar surface area (TPSA) is 50.2 Å². The number of carbonyl (C=O) groups is 1. The fourth-order valence-corrected chi connectivity index (χ4v) is 3.66. The van der Waals surface area contributed by atoms with E-state index in [0.29, 0.717) is 19.0 Å². The summed E-state index contributed by atoms with van der Waals surface area (Å²) in [7, 11) is 4.12. The maximum absolute atomic E-state index is 12.2. The average molecular weight is 328 g/mol. The van der Waals surface area contributed by atoms with Crippen LogP contribution in [0.25, 0.3) is 10.9 Å². The van der Waals surface area contributed by atoms with Crippen LogP contribution in [0.5, 0.6) is 0 Å². The number of hydrogen-bond donors (Lipinski definition) is 1. The molecule has 5 heteroatoms. The third kappa shape index (κ3) is 3.78. The molecule has 1 N–H and O–H groups in total. The molecule has 1 aliphatic rings. The molecular weight excluding hydrogens is 300 g/mol. The Bertz CT molecular complexity index is 721. The molecule has 0 radical (unpaired) electrons. The molecular formula is C19H28N4O. The van der Waals surface area contributed by atoms with Crippen molar-refractivity contribution in [3.63, 3.8) is 0 Å². The van der Waals surface area contributed by atoms with Crippen LogP contribution in [0.1, 0.15) is 43.4 Å². The van der Waals surface area contributed by atoms with E-state index in [1.54, 1.807) is 0 Å². The van der Waals surface area contributed by atoms with Crippen LogP contribution in [-0.2, 0) is 18.4 Å². The van der Waals surface area contributed by atoms with E-state index in [1.165, 1.54) is 24.8 Å². The molecule has 3 rings (SSSR count). The minimum Gasteiger partial charge on any atom is -0.350 e. The Morgan fingerprint density at radius 1 is 1.33 bits per heavy atom. The molecule has 1 aromatic carbocycles. The second-order valence-corrected chi connectivity index (χ2v) is 7.04. The summed E-state index contributed by atoms with van der Waals surface area (Å²) < 4.78 is 1.88. The van der Waals surface area contributed by atoms with Crippen molar-refractivity contribution in [2.75, 3.05) is 13.6 Å². The maximum Gasteiger partial charge on any atom is 0.220 e. The molecule has 1 aromatic heterocycles. The van der Waals surface area contributed by atoms with Crippen molar-refractivity contribution in [2.24, 2.45) is 7.05 Å². The number of fused-ring (bicyclic) bond motifs is 1. The fourth-order valence-electron chi connectivity index (χ4n) is 3.66. The fraction of sp³-hybridized carbons (Fsp3) is 0.579. The van der Waals surface area contributed by atoms with Crippen LogP contribution >= 0.6 is 0 Å². The molecule has 1 amide bonds. The number of benzene rings is 1. The Balaban J connectivity index is 1.55. The quantitative estimate of drug-likeness (QED) is 0.918. The zero-order chi connectivity index (χ0) is 17.1. The first-order valence-corrected chi connectivity index (χ1v) is 8.94. The molecule has 5 nitrogen and oxygen atoms in total. The van der Waals surface area contributed by atoms with E-state index >= 15 is 0 Å². The van der Waals surface area contributed by atoms with Crippen LogP contribution in [0.15, 0.2) is 18.2 Å². The Morgan fingerprint density at radius 2 is 2.17 bits per heavy atom. The van der Waals surface area contributed by atoms with Crippen molar-refractivity contribution in [1.82, 2.24) is 20.0 Å². The lowest BCUT2D eigenvalue weighted by molar-refractivity contribution is -0.121. The number of amides is 1. The number of aromatic nitrogens is 2. The number of aryl methyl sites for hydroxylation is 2. The molecule has 24 heavy (non-hydrogen) atoms. The van der Waals surface area contributed by atoms with Gasteiger partial charge in [-0.2, -0.15) is 5.10 Å². The van der Waals surface area contributed by atoms with Gasteiger partial charge in [0.15, 0.2) is 0 Å². The monoisotopic (exact) mass is 328 g/mol. The zero-order valence-electron chi connectivity index (χ0n) is 15.0. The van der Waals surface area contributed by atoms with Crippen molar-refractivity contribution < 1.29 is 4.79 Å². The Hall–Kier alpha value is -1.88. The Morgan fingerprint density at radius 3 is 2.96 bits per heavy atom. The van der Waals surface area contributed by atoms with Crippen LogP contribution in [-0.4, -0.2) is 40.2 Å². The van der Waals surface area contributed by atoms with E-state index in [2.05, 4.69) is 47.5 Å². The molecule has 2 heterocycles. The van der Waals surface area contributed by atoms with Crippen molar-refractivity contribution in [3.05, 3.63) is 29.5 Å². The van der Waals surface area contributed by atoms with Crippen LogP contribution in [0.3, 0.4) is 0 Å². The maximum atomic E-state index is 12.2. The predicted octanol–water partition coefficient (Wildman–Crippen LogP) is 2.76. The molecule has 2 aromatic rings. The van der Waals surface area contributed by atoms with Crippen molar-refractivity contribution in [3.8, 4) is 0 Å². The van der Waals surface area contributed by atoms with Crippen LogP contribution < -0.4 is 5.32 Å². The lowest BCUT2D eigenvalue weighted by atomic mass is 9.98. The van der Waals surface area contributed by atoms with Gasteiger partial charge in [0, 0.05) is 24.9 Å². The van der Waals surface area contributed by atoms with Gasteiger partial charge < -0.3 is 10.2 Å². The molecule has 0 spiro atoms. The Labute approximate surface area is 144 Å². The van der Waals surface area contributed by atoms with Crippen molar-refractivity contribution >= 4 is 16.8 Å². The second-order valence-electron chi connectivity index (χ2n) is 7.04. The van der Waals surface area contributed by atoms with Gasteiger partial charge in [-0.15, -0.1) is 0 Å². The zero-order valence-corrected chi connectivity index (χ0v) is 15.0. The molecule has 1 fully saturated rings. The minimum atomic E-state index is 0.125. The number of nitrogens with one attached hydrogen (secondary N) is 1. The molecule has 1 atom stereocenters. The smallest absolute Gasteiger partial charge is 0.220 e. The first-order valence-electron chi connectivity index (χ1n) is 8.94. The van der Waals surface area contributed by atoms with Gasteiger partial charge in [-0.25, -0.2) is 0 Å². The predicted molar refractivity (Wildman–Crippen MR) is 96.8 cm³/mol. The lowest BCUT2D eigenvalue weighted by Gasteiger charge is -2.32. The summed E-state index contributed by atoms with van der Waals surface area (Å²) in [5.41, 5.74) is 3.26. The van der Waals surface area contributed by atoms with E-state index in [0.717, 1.165) is 29.6 Å². The van der Waals surface area contributed by atoms with E-state index in [-0.39, 0.29) is 5.91 Å². The van der Waals surface area contributed by atoms with Gasteiger partial charge >= 0.3 is 0 Å². The number of piperidine rings is 1. The Kier molecular flexibility index (Phi) is 5.19. The summed E-state index contributed by atoms with van der Waals surface area (Å²) in [6, 6.07) is 6.87. The van der Waals surface area contributed by atoms with Gasteiger partial charge in [-0.3, -0.25) is 9.48 Å². The summed E-state index contributed by atoms with van der Waals surface area (Å²) in [6.07, 6.45) is 5.33. The van der Waals surface area contributed by atoms with Crippen molar-refractivity contribution in [2.45, 2.75) is 51.6 Å². The van der Waals surface area contributed by atoms with Gasteiger partial charge in [0.05, 0.1) is 17.8 Å². The molecule has 1 saturated heterocycles. The van der Waals surface area contributed by atoms with Crippen LogP contribution in [0.4, 0.5) is 0 Å². The largest absolute Gasteiger partial charge is 0.350 e.